The second-order valence-electron chi connectivity index (χ2n) is 4.62. The summed E-state index contributed by atoms with van der Waals surface area (Å²) in [7, 11) is 0. The molecule has 96 valence electrons. The summed E-state index contributed by atoms with van der Waals surface area (Å²) in [4.78, 5) is 22.5. The van der Waals surface area contributed by atoms with Crippen LogP contribution in [0.2, 0.25) is 0 Å². The van der Waals surface area contributed by atoms with E-state index in [1.165, 1.54) is 19.8 Å². The zero-order valence-corrected chi connectivity index (χ0v) is 10.4. The second kappa shape index (κ2) is 5.67. The van der Waals surface area contributed by atoms with Crippen LogP contribution in [-0.4, -0.2) is 24.8 Å². The number of nitrogens with one attached hydrogen (secondary N) is 1. The maximum absolute atomic E-state index is 11.4. The second-order valence-corrected chi connectivity index (χ2v) is 4.62. The summed E-state index contributed by atoms with van der Waals surface area (Å²) in [6.45, 7) is 2.29. The first-order chi connectivity index (χ1) is 8.65. The van der Waals surface area contributed by atoms with E-state index in [4.69, 9.17) is 4.74 Å². The molecule has 2 rings (SSSR count). The monoisotopic (exact) mass is 247 g/mol. The summed E-state index contributed by atoms with van der Waals surface area (Å²) in [6, 6.07) is 6.79. The van der Waals surface area contributed by atoms with E-state index >= 15 is 0 Å². The minimum Gasteiger partial charge on any atom is -0.484 e. The van der Waals surface area contributed by atoms with Crippen LogP contribution in [0.1, 0.15) is 30.1 Å². The fourth-order valence-corrected chi connectivity index (χ4v) is 1.57. The lowest BCUT2D eigenvalue weighted by Gasteiger charge is -2.07. The zero-order chi connectivity index (χ0) is 13.0. The molecule has 0 spiro atoms. The van der Waals surface area contributed by atoms with Crippen molar-refractivity contribution in [2.75, 3.05) is 13.2 Å². The van der Waals surface area contributed by atoms with Crippen molar-refractivity contribution in [1.82, 2.24) is 5.32 Å². The molecule has 0 atom stereocenters. The number of carbonyl (C=O) groups is 2. The van der Waals surface area contributed by atoms with Gasteiger partial charge in [-0.25, -0.2) is 0 Å². The lowest BCUT2D eigenvalue weighted by Crippen LogP contribution is -2.30. The Balaban J connectivity index is 1.74. The van der Waals surface area contributed by atoms with Crippen LogP contribution in [0.4, 0.5) is 0 Å². The number of Topliss-reactive ketones (excluding diaryl/α,β-unsaturated/α-hetero) is 1. The summed E-state index contributed by atoms with van der Waals surface area (Å²) >= 11 is 0. The van der Waals surface area contributed by atoms with Gasteiger partial charge in [-0.15, -0.1) is 0 Å². The van der Waals surface area contributed by atoms with Crippen molar-refractivity contribution in [3.63, 3.8) is 0 Å². The van der Waals surface area contributed by atoms with Gasteiger partial charge in [0, 0.05) is 12.1 Å². The number of benzene rings is 1. The van der Waals surface area contributed by atoms with Gasteiger partial charge in [-0.1, -0.05) is 0 Å². The van der Waals surface area contributed by atoms with E-state index in [9.17, 15) is 9.59 Å². The van der Waals surface area contributed by atoms with Crippen LogP contribution in [0, 0.1) is 5.92 Å². The Bertz CT molecular complexity index is 435. The van der Waals surface area contributed by atoms with Gasteiger partial charge in [0.15, 0.2) is 12.4 Å². The fraction of sp³-hybridized carbons (Fsp3) is 0.429. The topological polar surface area (TPSA) is 55.4 Å². The maximum Gasteiger partial charge on any atom is 0.257 e. The van der Waals surface area contributed by atoms with E-state index < -0.39 is 0 Å². The predicted molar refractivity (Wildman–Crippen MR) is 67.7 cm³/mol. The first-order valence-electron chi connectivity index (χ1n) is 6.15. The standard InChI is InChI=1S/C14H17NO3/c1-10(16)12-4-6-13(7-5-12)18-9-14(17)15-8-11-2-3-11/h4-7,11H,2-3,8-9H2,1H3,(H,15,17). The third-order valence-electron chi connectivity index (χ3n) is 2.92. The molecule has 1 aromatic carbocycles. The molecular formula is C14H17NO3. The quantitative estimate of drug-likeness (QED) is 0.780. The highest BCUT2D eigenvalue weighted by molar-refractivity contribution is 5.94. The summed E-state index contributed by atoms with van der Waals surface area (Å²) in [6.07, 6.45) is 2.43. The molecule has 1 saturated carbocycles. The van der Waals surface area contributed by atoms with E-state index in [2.05, 4.69) is 5.32 Å². The van der Waals surface area contributed by atoms with Gasteiger partial charge in [-0.05, 0) is 49.9 Å². The maximum atomic E-state index is 11.4. The van der Waals surface area contributed by atoms with Crippen LogP contribution in [-0.2, 0) is 4.79 Å². The average Bonchev–Trinajstić information content (AvgIpc) is 3.18. The lowest BCUT2D eigenvalue weighted by molar-refractivity contribution is -0.123. The smallest absolute Gasteiger partial charge is 0.257 e. The molecule has 0 saturated heterocycles. The molecule has 1 aliphatic carbocycles. The molecule has 0 bridgehead atoms. The Morgan fingerprint density at radius 1 is 1.28 bits per heavy atom. The van der Waals surface area contributed by atoms with Crippen LogP contribution >= 0.6 is 0 Å². The first-order valence-corrected chi connectivity index (χ1v) is 6.15. The Morgan fingerprint density at radius 2 is 1.94 bits per heavy atom. The third kappa shape index (κ3) is 3.87. The van der Waals surface area contributed by atoms with Crippen LogP contribution < -0.4 is 10.1 Å². The Morgan fingerprint density at radius 3 is 2.50 bits per heavy atom. The van der Waals surface area contributed by atoms with Gasteiger partial charge >= 0.3 is 0 Å². The molecule has 1 aliphatic rings. The number of hydrogen-bond donors (Lipinski definition) is 1. The van der Waals surface area contributed by atoms with Crippen molar-refractivity contribution >= 4 is 11.7 Å². The molecular weight excluding hydrogens is 230 g/mol. The SMILES string of the molecule is CC(=O)c1ccc(OCC(=O)NCC2CC2)cc1. The Hall–Kier alpha value is -1.84. The van der Waals surface area contributed by atoms with Gasteiger partial charge < -0.3 is 10.1 Å². The predicted octanol–water partition coefficient (Wildman–Crippen LogP) is 1.79. The van der Waals surface area contributed by atoms with Crippen LogP contribution in [0.5, 0.6) is 5.75 Å². The Kier molecular flexibility index (Phi) is 3.97. The van der Waals surface area contributed by atoms with Gasteiger partial charge in [-0.3, -0.25) is 9.59 Å². The molecule has 1 fully saturated rings. The minimum atomic E-state index is -0.0995. The molecule has 1 aromatic rings. The van der Waals surface area contributed by atoms with Gasteiger partial charge in [0.25, 0.3) is 5.91 Å². The summed E-state index contributed by atoms with van der Waals surface area (Å²) in [5.41, 5.74) is 0.639. The molecule has 0 aliphatic heterocycles. The summed E-state index contributed by atoms with van der Waals surface area (Å²) in [5.74, 6) is 1.19. The number of hydrogen-bond acceptors (Lipinski definition) is 3. The lowest BCUT2D eigenvalue weighted by atomic mass is 10.1. The van der Waals surface area contributed by atoms with Crippen molar-refractivity contribution in [2.24, 2.45) is 5.92 Å². The van der Waals surface area contributed by atoms with E-state index in [1.54, 1.807) is 24.3 Å². The largest absolute Gasteiger partial charge is 0.484 e. The van der Waals surface area contributed by atoms with Gasteiger partial charge in [0.2, 0.25) is 0 Å². The molecule has 18 heavy (non-hydrogen) atoms. The minimum absolute atomic E-state index is 0.0173. The van der Waals surface area contributed by atoms with E-state index in [0.29, 0.717) is 17.2 Å². The fourth-order valence-electron chi connectivity index (χ4n) is 1.57. The summed E-state index contributed by atoms with van der Waals surface area (Å²) < 4.78 is 5.33. The highest BCUT2D eigenvalue weighted by atomic mass is 16.5. The first kappa shape index (κ1) is 12.6. The van der Waals surface area contributed by atoms with Crippen LogP contribution in [0.25, 0.3) is 0 Å². The average molecular weight is 247 g/mol. The summed E-state index contributed by atoms with van der Waals surface area (Å²) in [5, 5.41) is 2.83. The number of amides is 1. The molecule has 4 nitrogen and oxygen atoms in total. The number of ketones is 1. The van der Waals surface area contributed by atoms with Crippen LogP contribution in [0.15, 0.2) is 24.3 Å². The zero-order valence-electron chi connectivity index (χ0n) is 10.4. The number of rotatable bonds is 6. The van der Waals surface area contributed by atoms with Gasteiger partial charge in [0.05, 0.1) is 0 Å². The molecule has 4 heteroatoms. The number of carbonyl (C=O) groups excluding carboxylic acids is 2. The van der Waals surface area contributed by atoms with Crippen LogP contribution in [0.3, 0.4) is 0 Å². The van der Waals surface area contributed by atoms with E-state index in [-0.39, 0.29) is 18.3 Å². The highest BCUT2D eigenvalue weighted by Gasteiger charge is 2.21. The van der Waals surface area contributed by atoms with Gasteiger partial charge in [-0.2, -0.15) is 0 Å². The van der Waals surface area contributed by atoms with Crippen molar-refractivity contribution in [3.8, 4) is 5.75 Å². The Labute approximate surface area is 106 Å². The van der Waals surface area contributed by atoms with Crippen molar-refractivity contribution in [2.45, 2.75) is 19.8 Å². The highest BCUT2D eigenvalue weighted by Crippen LogP contribution is 2.27. The molecule has 0 heterocycles. The van der Waals surface area contributed by atoms with E-state index in [0.717, 1.165) is 6.54 Å². The molecule has 1 N–H and O–H groups in total. The van der Waals surface area contributed by atoms with E-state index in [1.807, 2.05) is 0 Å². The number of ether oxygens (including phenoxy) is 1. The molecule has 0 aromatic heterocycles. The van der Waals surface area contributed by atoms with Crippen molar-refractivity contribution in [1.29, 1.82) is 0 Å². The van der Waals surface area contributed by atoms with Gasteiger partial charge in [0.1, 0.15) is 5.75 Å². The molecule has 0 unspecified atom stereocenters. The molecule has 1 amide bonds. The third-order valence-corrected chi connectivity index (χ3v) is 2.92. The normalized spacial score (nSPS) is 14.1. The van der Waals surface area contributed by atoms with Crippen molar-refractivity contribution < 1.29 is 14.3 Å². The molecule has 0 radical (unpaired) electrons. The van der Waals surface area contributed by atoms with Crippen molar-refractivity contribution in [3.05, 3.63) is 29.8 Å².